The van der Waals surface area contributed by atoms with Gasteiger partial charge in [-0.05, 0) is 43.2 Å². The highest BCUT2D eigenvalue weighted by atomic mass is 35.5. The lowest BCUT2D eigenvalue weighted by Crippen LogP contribution is -2.07. The molecule has 0 bridgehead atoms. The molecule has 92 valence electrons. The van der Waals surface area contributed by atoms with Gasteiger partial charge >= 0.3 is 0 Å². The van der Waals surface area contributed by atoms with E-state index in [4.69, 9.17) is 11.6 Å². The van der Waals surface area contributed by atoms with E-state index < -0.39 is 5.82 Å². The standard InChI is InChI=1S/C15H12ClFO/c1-9-4-3-5-12(10(9)2)15(18)13-7-6-11(16)8-14(13)17/h3-8H,1-2H3. The summed E-state index contributed by atoms with van der Waals surface area (Å²) in [6.07, 6.45) is 0. The van der Waals surface area contributed by atoms with E-state index in [0.717, 1.165) is 17.2 Å². The first kappa shape index (κ1) is 12.8. The fourth-order valence-electron chi connectivity index (χ4n) is 1.82. The molecule has 0 aliphatic heterocycles. The Labute approximate surface area is 110 Å². The summed E-state index contributed by atoms with van der Waals surface area (Å²) in [4.78, 5) is 12.3. The first-order valence-electron chi connectivity index (χ1n) is 5.56. The third kappa shape index (κ3) is 2.29. The maximum Gasteiger partial charge on any atom is 0.196 e. The van der Waals surface area contributed by atoms with E-state index in [9.17, 15) is 9.18 Å². The molecule has 0 fully saturated rings. The van der Waals surface area contributed by atoms with Crippen LogP contribution in [0.25, 0.3) is 0 Å². The number of rotatable bonds is 2. The number of carbonyl (C=O) groups is 1. The van der Waals surface area contributed by atoms with Crippen molar-refractivity contribution in [1.82, 2.24) is 0 Å². The third-order valence-corrected chi connectivity index (χ3v) is 3.26. The van der Waals surface area contributed by atoms with Crippen molar-refractivity contribution in [3.05, 3.63) is 69.5 Å². The van der Waals surface area contributed by atoms with Gasteiger partial charge in [-0.25, -0.2) is 4.39 Å². The molecule has 2 aromatic rings. The minimum absolute atomic E-state index is 0.0492. The smallest absolute Gasteiger partial charge is 0.196 e. The molecule has 0 aliphatic rings. The van der Waals surface area contributed by atoms with Crippen LogP contribution < -0.4 is 0 Å². The van der Waals surface area contributed by atoms with Crippen LogP contribution in [0.5, 0.6) is 0 Å². The van der Waals surface area contributed by atoms with Crippen LogP contribution in [0.1, 0.15) is 27.0 Å². The van der Waals surface area contributed by atoms with Crippen molar-refractivity contribution in [2.45, 2.75) is 13.8 Å². The molecule has 0 spiro atoms. The van der Waals surface area contributed by atoms with Gasteiger partial charge in [-0.15, -0.1) is 0 Å². The number of halogens is 2. The second-order valence-electron chi connectivity index (χ2n) is 4.20. The maximum absolute atomic E-state index is 13.7. The molecular weight excluding hydrogens is 251 g/mol. The molecule has 0 N–H and O–H groups in total. The number of ketones is 1. The highest BCUT2D eigenvalue weighted by Gasteiger charge is 2.16. The second-order valence-corrected chi connectivity index (χ2v) is 4.64. The Morgan fingerprint density at radius 1 is 1.11 bits per heavy atom. The number of aryl methyl sites for hydroxylation is 1. The first-order chi connectivity index (χ1) is 8.50. The quantitative estimate of drug-likeness (QED) is 0.737. The lowest BCUT2D eigenvalue weighted by Gasteiger charge is -2.08. The Balaban J connectivity index is 2.51. The Bertz CT molecular complexity index is 620. The molecule has 18 heavy (non-hydrogen) atoms. The molecule has 0 unspecified atom stereocenters. The third-order valence-electron chi connectivity index (χ3n) is 3.03. The zero-order valence-electron chi connectivity index (χ0n) is 10.1. The molecule has 0 amide bonds. The topological polar surface area (TPSA) is 17.1 Å². The predicted molar refractivity (Wildman–Crippen MR) is 70.8 cm³/mol. The molecule has 0 saturated carbocycles. The van der Waals surface area contributed by atoms with E-state index >= 15 is 0 Å². The van der Waals surface area contributed by atoms with E-state index in [2.05, 4.69) is 0 Å². The molecule has 0 heterocycles. The second kappa shape index (κ2) is 4.91. The molecule has 3 heteroatoms. The first-order valence-corrected chi connectivity index (χ1v) is 5.94. The van der Waals surface area contributed by atoms with Gasteiger partial charge in [0.1, 0.15) is 5.82 Å². The largest absolute Gasteiger partial charge is 0.288 e. The van der Waals surface area contributed by atoms with Gasteiger partial charge in [0.2, 0.25) is 0 Å². The minimum atomic E-state index is -0.589. The van der Waals surface area contributed by atoms with Gasteiger partial charge < -0.3 is 0 Å². The van der Waals surface area contributed by atoms with Crippen molar-refractivity contribution < 1.29 is 9.18 Å². The van der Waals surface area contributed by atoms with E-state index in [1.54, 1.807) is 12.1 Å². The average Bonchev–Trinajstić information content (AvgIpc) is 2.32. The molecule has 2 aromatic carbocycles. The van der Waals surface area contributed by atoms with Crippen molar-refractivity contribution in [3.8, 4) is 0 Å². The number of hydrogen-bond acceptors (Lipinski definition) is 1. The normalized spacial score (nSPS) is 10.4. The van der Waals surface area contributed by atoms with Gasteiger partial charge in [0.15, 0.2) is 5.78 Å². The van der Waals surface area contributed by atoms with Gasteiger partial charge in [-0.1, -0.05) is 29.8 Å². The number of carbonyl (C=O) groups excluding carboxylic acids is 1. The van der Waals surface area contributed by atoms with Gasteiger partial charge in [0.05, 0.1) is 5.56 Å². The molecule has 2 rings (SSSR count). The average molecular weight is 263 g/mol. The van der Waals surface area contributed by atoms with Crippen LogP contribution in [0.15, 0.2) is 36.4 Å². The Morgan fingerprint density at radius 3 is 2.50 bits per heavy atom. The van der Waals surface area contributed by atoms with Crippen LogP contribution in [0.2, 0.25) is 5.02 Å². The fraction of sp³-hybridized carbons (Fsp3) is 0.133. The van der Waals surface area contributed by atoms with Gasteiger partial charge in [-0.2, -0.15) is 0 Å². The summed E-state index contributed by atoms with van der Waals surface area (Å²) in [5.74, 6) is -0.904. The Kier molecular flexibility index (Phi) is 3.48. The molecule has 0 radical (unpaired) electrons. The molecule has 0 saturated heterocycles. The zero-order valence-corrected chi connectivity index (χ0v) is 10.9. The van der Waals surface area contributed by atoms with Gasteiger partial charge in [0.25, 0.3) is 0 Å². The molecular formula is C15H12ClFO. The van der Waals surface area contributed by atoms with E-state index in [0.29, 0.717) is 5.56 Å². The summed E-state index contributed by atoms with van der Waals surface area (Å²) < 4.78 is 13.7. The van der Waals surface area contributed by atoms with Crippen LogP contribution in [-0.2, 0) is 0 Å². The van der Waals surface area contributed by atoms with Crippen molar-refractivity contribution in [2.75, 3.05) is 0 Å². The number of benzene rings is 2. The molecule has 0 aromatic heterocycles. The highest BCUT2D eigenvalue weighted by molar-refractivity contribution is 6.30. The molecule has 0 aliphatic carbocycles. The van der Waals surface area contributed by atoms with Crippen LogP contribution in [-0.4, -0.2) is 5.78 Å². The lowest BCUT2D eigenvalue weighted by atomic mass is 9.96. The van der Waals surface area contributed by atoms with Crippen LogP contribution in [0.4, 0.5) is 4.39 Å². The molecule has 1 nitrogen and oxygen atoms in total. The van der Waals surface area contributed by atoms with Gasteiger partial charge in [-0.3, -0.25) is 4.79 Å². The summed E-state index contributed by atoms with van der Waals surface area (Å²) >= 11 is 5.67. The summed E-state index contributed by atoms with van der Waals surface area (Å²) in [5.41, 5.74) is 2.45. The van der Waals surface area contributed by atoms with Gasteiger partial charge in [0, 0.05) is 10.6 Å². The van der Waals surface area contributed by atoms with Crippen molar-refractivity contribution >= 4 is 17.4 Å². The SMILES string of the molecule is Cc1cccc(C(=O)c2ccc(Cl)cc2F)c1C. The summed E-state index contributed by atoms with van der Waals surface area (Å²) in [6.45, 7) is 3.78. The van der Waals surface area contributed by atoms with Crippen molar-refractivity contribution in [2.24, 2.45) is 0 Å². The fourth-order valence-corrected chi connectivity index (χ4v) is 1.97. The van der Waals surface area contributed by atoms with Crippen molar-refractivity contribution in [3.63, 3.8) is 0 Å². The summed E-state index contributed by atoms with van der Waals surface area (Å²) in [6, 6.07) is 9.51. The Morgan fingerprint density at radius 2 is 1.83 bits per heavy atom. The highest BCUT2D eigenvalue weighted by Crippen LogP contribution is 2.21. The van der Waals surface area contributed by atoms with E-state index in [1.807, 2.05) is 19.9 Å². The lowest BCUT2D eigenvalue weighted by molar-refractivity contribution is 0.103. The zero-order chi connectivity index (χ0) is 13.3. The monoisotopic (exact) mass is 262 g/mol. The molecule has 0 atom stereocenters. The van der Waals surface area contributed by atoms with Crippen LogP contribution in [0, 0.1) is 19.7 Å². The maximum atomic E-state index is 13.7. The van der Waals surface area contributed by atoms with E-state index in [-0.39, 0.29) is 16.4 Å². The van der Waals surface area contributed by atoms with Crippen LogP contribution >= 0.6 is 11.6 Å². The number of hydrogen-bond donors (Lipinski definition) is 0. The van der Waals surface area contributed by atoms with Crippen molar-refractivity contribution in [1.29, 1.82) is 0 Å². The van der Waals surface area contributed by atoms with E-state index in [1.165, 1.54) is 12.1 Å². The predicted octanol–water partition coefficient (Wildman–Crippen LogP) is 4.33. The summed E-state index contributed by atoms with van der Waals surface area (Å²) in [7, 11) is 0. The minimum Gasteiger partial charge on any atom is -0.288 e. The summed E-state index contributed by atoms with van der Waals surface area (Å²) in [5, 5.41) is 0.282. The Hall–Kier alpha value is -1.67. The van der Waals surface area contributed by atoms with Crippen LogP contribution in [0.3, 0.4) is 0 Å².